The Hall–Kier alpha value is -3.03. The highest BCUT2D eigenvalue weighted by Gasteiger charge is 2.33. The number of benzene rings is 2. The van der Waals surface area contributed by atoms with E-state index in [1.54, 1.807) is 50.6 Å². The lowest BCUT2D eigenvalue weighted by Crippen LogP contribution is -2.34. The molecule has 0 spiro atoms. The second kappa shape index (κ2) is 9.85. The molecule has 1 atom stereocenters. The number of methoxy groups -OCH3 is 2. The Kier molecular flexibility index (Phi) is 7.20. The number of furan rings is 1. The van der Waals surface area contributed by atoms with Crippen molar-refractivity contribution in [2.75, 3.05) is 14.2 Å². The first kappa shape index (κ1) is 22.7. The maximum absolute atomic E-state index is 13.8. The van der Waals surface area contributed by atoms with E-state index in [0.29, 0.717) is 23.7 Å². The van der Waals surface area contributed by atoms with Crippen molar-refractivity contribution in [3.8, 4) is 11.5 Å². The lowest BCUT2D eigenvalue weighted by atomic mass is 10.00. The third-order valence-electron chi connectivity index (χ3n) is 4.95. The average molecular weight is 442 g/mol. The first-order chi connectivity index (χ1) is 14.8. The van der Waals surface area contributed by atoms with Gasteiger partial charge in [0.2, 0.25) is 10.0 Å². The molecule has 6 nitrogen and oxygen atoms in total. The van der Waals surface area contributed by atoms with Crippen molar-refractivity contribution < 1.29 is 22.3 Å². The lowest BCUT2D eigenvalue weighted by Gasteiger charge is -2.31. The molecule has 0 aliphatic rings. The topological polar surface area (TPSA) is 69.0 Å². The van der Waals surface area contributed by atoms with Crippen LogP contribution in [0.3, 0.4) is 0 Å². The molecule has 1 aromatic heterocycles. The van der Waals surface area contributed by atoms with Gasteiger partial charge >= 0.3 is 0 Å². The van der Waals surface area contributed by atoms with E-state index in [2.05, 4.69) is 6.58 Å². The highest BCUT2D eigenvalue weighted by molar-refractivity contribution is 7.89. The van der Waals surface area contributed by atoms with E-state index >= 15 is 0 Å². The molecule has 3 rings (SSSR count). The minimum atomic E-state index is -3.87. The summed E-state index contributed by atoms with van der Waals surface area (Å²) in [4.78, 5) is 0.181. The number of rotatable bonds is 10. The summed E-state index contributed by atoms with van der Waals surface area (Å²) in [5, 5.41) is 0. The van der Waals surface area contributed by atoms with Crippen molar-refractivity contribution in [3.05, 3.63) is 90.4 Å². The van der Waals surface area contributed by atoms with E-state index in [1.807, 2.05) is 31.2 Å². The molecule has 0 saturated carbocycles. The summed E-state index contributed by atoms with van der Waals surface area (Å²) in [7, 11) is -0.729. The van der Waals surface area contributed by atoms with Crippen LogP contribution < -0.4 is 9.47 Å². The highest BCUT2D eigenvalue weighted by Crippen LogP contribution is 2.35. The number of sulfonamides is 1. The molecule has 0 N–H and O–H groups in total. The molecule has 0 fully saturated rings. The van der Waals surface area contributed by atoms with Crippen LogP contribution in [-0.4, -0.2) is 26.9 Å². The van der Waals surface area contributed by atoms with Gasteiger partial charge in [-0.2, -0.15) is 4.31 Å². The summed E-state index contributed by atoms with van der Waals surface area (Å²) in [6, 6.07) is 16.8. The van der Waals surface area contributed by atoms with Gasteiger partial charge in [0.15, 0.2) is 0 Å². The Bertz CT molecular complexity index is 1090. The van der Waals surface area contributed by atoms with Gasteiger partial charge in [0, 0.05) is 0 Å². The Morgan fingerprint density at radius 2 is 1.58 bits per heavy atom. The molecular formula is C24H27NO5S. The summed E-state index contributed by atoms with van der Waals surface area (Å²) in [6.07, 6.45) is 2.00. The first-order valence-corrected chi connectivity index (χ1v) is 11.3. The minimum absolute atomic E-state index is 0.0886. The van der Waals surface area contributed by atoms with Crippen LogP contribution in [0.2, 0.25) is 0 Å². The second-order valence-electron chi connectivity index (χ2n) is 7.26. The number of ether oxygens (including phenoxy) is 2. The molecule has 0 aliphatic heterocycles. The molecular weight excluding hydrogens is 414 g/mol. The van der Waals surface area contributed by atoms with Crippen LogP contribution in [-0.2, 0) is 16.6 Å². The standard InChI is InChI=1S/C24H27NO5S/c1-18(2)16-24(19-7-9-20(28-3)10-8-19)25(17-22-6-5-15-30-22)31(26,27)23-13-11-21(29-4)12-14-23/h5-15,24H,1,16-17H2,2-4H3. The third kappa shape index (κ3) is 5.37. The second-order valence-corrected chi connectivity index (χ2v) is 9.15. The summed E-state index contributed by atoms with van der Waals surface area (Å²) >= 11 is 0. The fourth-order valence-electron chi connectivity index (χ4n) is 3.34. The normalized spacial score (nSPS) is 12.5. The third-order valence-corrected chi connectivity index (χ3v) is 6.82. The van der Waals surface area contributed by atoms with E-state index in [0.717, 1.165) is 11.1 Å². The molecule has 0 bridgehead atoms. The van der Waals surface area contributed by atoms with Crippen LogP contribution in [0, 0.1) is 0 Å². The van der Waals surface area contributed by atoms with Crippen molar-refractivity contribution in [3.63, 3.8) is 0 Å². The van der Waals surface area contributed by atoms with Crippen molar-refractivity contribution in [1.82, 2.24) is 4.31 Å². The van der Waals surface area contributed by atoms with Gasteiger partial charge in [-0.05, 0) is 67.4 Å². The number of hydrogen-bond acceptors (Lipinski definition) is 5. The van der Waals surface area contributed by atoms with Crippen LogP contribution in [0.1, 0.15) is 30.7 Å². The predicted molar refractivity (Wildman–Crippen MR) is 120 cm³/mol. The van der Waals surface area contributed by atoms with Crippen molar-refractivity contribution in [2.24, 2.45) is 0 Å². The van der Waals surface area contributed by atoms with Crippen LogP contribution in [0.4, 0.5) is 0 Å². The van der Waals surface area contributed by atoms with Gasteiger partial charge in [0.1, 0.15) is 17.3 Å². The molecule has 0 amide bonds. The van der Waals surface area contributed by atoms with E-state index < -0.39 is 16.1 Å². The van der Waals surface area contributed by atoms with E-state index in [1.165, 1.54) is 10.6 Å². The Balaban J connectivity index is 2.09. The first-order valence-electron chi connectivity index (χ1n) is 9.81. The van der Waals surface area contributed by atoms with E-state index in [9.17, 15) is 8.42 Å². The average Bonchev–Trinajstić information content (AvgIpc) is 3.29. The molecule has 0 saturated heterocycles. The van der Waals surface area contributed by atoms with Crippen LogP contribution in [0.15, 0.2) is 88.4 Å². The minimum Gasteiger partial charge on any atom is -0.497 e. The quantitative estimate of drug-likeness (QED) is 0.405. The Morgan fingerprint density at radius 1 is 1.00 bits per heavy atom. The van der Waals surface area contributed by atoms with Gasteiger partial charge in [-0.1, -0.05) is 17.7 Å². The zero-order chi connectivity index (χ0) is 22.4. The molecule has 3 aromatic rings. The van der Waals surface area contributed by atoms with Crippen molar-refractivity contribution >= 4 is 10.0 Å². The number of nitrogens with zero attached hydrogens (tertiary/aromatic N) is 1. The van der Waals surface area contributed by atoms with Crippen molar-refractivity contribution in [2.45, 2.75) is 30.8 Å². The molecule has 2 aromatic carbocycles. The van der Waals surface area contributed by atoms with Crippen LogP contribution in [0.25, 0.3) is 0 Å². The fourth-order valence-corrected chi connectivity index (χ4v) is 4.92. The predicted octanol–water partition coefficient (Wildman–Crippen LogP) is 5.20. The van der Waals surface area contributed by atoms with Gasteiger partial charge in [0.25, 0.3) is 0 Å². The van der Waals surface area contributed by atoms with Crippen LogP contribution >= 0.6 is 0 Å². The van der Waals surface area contributed by atoms with Gasteiger partial charge in [-0.3, -0.25) is 0 Å². The van der Waals surface area contributed by atoms with E-state index in [-0.39, 0.29) is 11.4 Å². The smallest absolute Gasteiger partial charge is 0.244 e. The number of hydrogen-bond donors (Lipinski definition) is 0. The molecule has 1 unspecified atom stereocenters. The summed E-state index contributed by atoms with van der Waals surface area (Å²) in [5.74, 6) is 1.84. The molecule has 0 aliphatic carbocycles. The Labute approximate surface area is 183 Å². The van der Waals surface area contributed by atoms with Crippen LogP contribution in [0.5, 0.6) is 11.5 Å². The molecule has 1 heterocycles. The van der Waals surface area contributed by atoms with Crippen molar-refractivity contribution in [1.29, 1.82) is 0 Å². The lowest BCUT2D eigenvalue weighted by molar-refractivity contribution is 0.290. The maximum Gasteiger partial charge on any atom is 0.244 e. The SMILES string of the molecule is C=C(C)CC(c1ccc(OC)cc1)N(Cc1ccco1)S(=O)(=O)c1ccc(OC)cc1. The largest absolute Gasteiger partial charge is 0.497 e. The summed E-state index contributed by atoms with van der Waals surface area (Å²) in [6.45, 7) is 6.00. The van der Waals surface area contributed by atoms with Gasteiger partial charge in [0.05, 0.1) is 38.0 Å². The zero-order valence-electron chi connectivity index (χ0n) is 17.9. The fraction of sp³-hybridized carbons (Fsp3) is 0.250. The summed E-state index contributed by atoms with van der Waals surface area (Å²) < 4.78 is 44.9. The summed E-state index contributed by atoms with van der Waals surface area (Å²) in [5.41, 5.74) is 1.71. The highest BCUT2D eigenvalue weighted by atomic mass is 32.2. The van der Waals surface area contributed by atoms with Gasteiger partial charge in [-0.15, -0.1) is 6.58 Å². The zero-order valence-corrected chi connectivity index (χ0v) is 18.8. The van der Waals surface area contributed by atoms with Gasteiger partial charge < -0.3 is 13.9 Å². The molecule has 0 radical (unpaired) electrons. The molecule has 7 heteroatoms. The van der Waals surface area contributed by atoms with Gasteiger partial charge in [-0.25, -0.2) is 8.42 Å². The molecule has 31 heavy (non-hydrogen) atoms. The Morgan fingerprint density at radius 3 is 2.06 bits per heavy atom. The maximum atomic E-state index is 13.8. The monoisotopic (exact) mass is 441 g/mol. The van der Waals surface area contributed by atoms with E-state index in [4.69, 9.17) is 13.9 Å². The molecule has 164 valence electrons.